The summed E-state index contributed by atoms with van der Waals surface area (Å²) in [7, 11) is 0. The number of pyridine rings is 1. The number of aromatic nitrogens is 1. The first-order valence-corrected chi connectivity index (χ1v) is 5.86. The van der Waals surface area contributed by atoms with Crippen LogP contribution in [0.4, 0.5) is 10.5 Å². The highest BCUT2D eigenvalue weighted by Gasteiger charge is 2.16. The molecular formula is C12H15N3O5. The van der Waals surface area contributed by atoms with Crippen LogP contribution in [0.25, 0.3) is 0 Å². The Bertz CT molecular complexity index is 518. The van der Waals surface area contributed by atoms with E-state index in [1.807, 2.05) is 0 Å². The second-order valence-electron chi connectivity index (χ2n) is 3.84. The summed E-state index contributed by atoms with van der Waals surface area (Å²) >= 11 is 0. The highest BCUT2D eigenvalue weighted by Crippen LogP contribution is 2.08. The fraction of sp³-hybridized carbons (Fsp3) is 0.333. The minimum Gasteiger partial charge on any atom is -0.478 e. The van der Waals surface area contributed by atoms with Gasteiger partial charge in [0.1, 0.15) is 6.04 Å². The van der Waals surface area contributed by atoms with Crippen molar-refractivity contribution in [3.63, 3.8) is 0 Å². The molecule has 8 nitrogen and oxygen atoms in total. The highest BCUT2D eigenvalue weighted by atomic mass is 16.5. The van der Waals surface area contributed by atoms with Crippen LogP contribution >= 0.6 is 0 Å². The number of aromatic carboxylic acids is 1. The number of amides is 2. The molecule has 1 aromatic heterocycles. The highest BCUT2D eigenvalue weighted by molar-refractivity contribution is 5.94. The lowest BCUT2D eigenvalue weighted by molar-refractivity contribution is -0.144. The molecule has 0 aliphatic rings. The van der Waals surface area contributed by atoms with Crippen molar-refractivity contribution in [3.8, 4) is 0 Å². The van der Waals surface area contributed by atoms with Gasteiger partial charge < -0.3 is 20.5 Å². The van der Waals surface area contributed by atoms with Crippen LogP contribution in [-0.4, -0.2) is 40.7 Å². The minimum atomic E-state index is -1.15. The number of hydrogen-bond donors (Lipinski definition) is 3. The first-order valence-electron chi connectivity index (χ1n) is 5.86. The van der Waals surface area contributed by atoms with Gasteiger partial charge in [0.2, 0.25) is 0 Å². The Balaban J connectivity index is 2.60. The van der Waals surface area contributed by atoms with Gasteiger partial charge in [-0.3, -0.25) is 4.98 Å². The van der Waals surface area contributed by atoms with E-state index in [4.69, 9.17) is 9.84 Å². The van der Waals surface area contributed by atoms with Crippen LogP contribution in [0.1, 0.15) is 24.2 Å². The van der Waals surface area contributed by atoms with Gasteiger partial charge in [0.25, 0.3) is 0 Å². The molecule has 8 heteroatoms. The molecule has 0 aliphatic carbocycles. The average Bonchev–Trinajstić information content (AvgIpc) is 2.39. The average molecular weight is 281 g/mol. The normalized spacial score (nSPS) is 11.3. The van der Waals surface area contributed by atoms with Gasteiger partial charge in [0.15, 0.2) is 0 Å². The number of anilines is 1. The molecule has 0 aromatic carbocycles. The van der Waals surface area contributed by atoms with E-state index < -0.39 is 24.0 Å². The molecule has 0 spiro atoms. The largest absolute Gasteiger partial charge is 0.478 e. The summed E-state index contributed by atoms with van der Waals surface area (Å²) in [5, 5.41) is 13.5. The third-order valence-electron chi connectivity index (χ3n) is 2.23. The van der Waals surface area contributed by atoms with Crippen molar-refractivity contribution in [2.24, 2.45) is 0 Å². The van der Waals surface area contributed by atoms with Crippen LogP contribution in [-0.2, 0) is 9.53 Å². The molecule has 20 heavy (non-hydrogen) atoms. The van der Waals surface area contributed by atoms with Crippen molar-refractivity contribution in [2.45, 2.75) is 19.9 Å². The summed E-state index contributed by atoms with van der Waals surface area (Å²) in [6.07, 6.45) is 2.45. The van der Waals surface area contributed by atoms with Crippen LogP contribution in [0.2, 0.25) is 0 Å². The van der Waals surface area contributed by atoms with Crippen molar-refractivity contribution in [1.29, 1.82) is 0 Å². The third kappa shape index (κ3) is 4.56. The molecule has 0 fully saturated rings. The zero-order valence-corrected chi connectivity index (χ0v) is 11.0. The van der Waals surface area contributed by atoms with Gasteiger partial charge in [-0.2, -0.15) is 0 Å². The fourth-order valence-electron chi connectivity index (χ4n) is 1.32. The maximum absolute atomic E-state index is 11.6. The number of rotatable bonds is 5. The lowest BCUT2D eigenvalue weighted by atomic mass is 10.2. The molecule has 1 heterocycles. The summed E-state index contributed by atoms with van der Waals surface area (Å²) in [5.41, 5.74) is 0.153. The second-order valence-corrected chi connectivity index (χ2v) is 3.84. The Morgan fingerprint density at radius 2 is 2.10 bits per heavy atom. The van der Waals surface area contributed by atoms with E-state index >= 15 is 0 Å². The molecule has 0 saturated heterocycles. The van der Waals surface area contributed by atoms with Gasteiger partial charge in [0.05, 0.1) is 24.1 Å². The Kier molecular flexibility index (Phi) is 5.45. The number of carbonyl (C=O) groups excluding carboxylic acids is 2. The molecule has 1 rings (SSSR count). The van der Waals surface area contributed by atoms with Crippen LogP contribution in [0.3, 0.4) is 0 Å². The zero-order valence-electron chi connectivity index (χ0n) is 11.0. The number of carboxylic acids is 1. The predicted octanol–water partition coefficient (Wildman–Crippen LogP) is 0.853. The quantitative estimate of drug-likeness (QED) is 0.689. The number of nitrogens with zero attached hydrogens (tertiary/aromatic N) is 1. The number of ether oxygens (including phenoxy) is 1. The second kappa shape index (κ2) is 7.07. The van der Waals surface area contributed by atoms with Crippen molar-refractivity contribution in [3.05, 3.63) is 24.0 Å². The van der Waals surface area contributed by atoms with Gasteiger partial charge in [-0.1, -0.05) is 0 Å². The Morgan fingerprint density at radius 3 is 2.70 bits per heavy atom. The first kappa shape index (κ1) is 15.4. The maximum atomic E-state index is 11.6. The van der Waals surface area contributed by atoms with Crippen LogP contribution < -0.4 is 10.6 Å². The van der Waals surface area contributed by atoms with Crippen LogP contribution in [0.5, 0.6) is 0 Å². The van der Waals surface area contributed by atoms with E-state index in [-0.39, 0.29) is 17.9 Å². The topological polar surface area (TPSA) is 118 Å². The van der Waals surface area contributed by atoms with E-state index in [1.54, 1.807) is 6.92 Å². The number of nitrogens with one attached hydrogen (secondary N) is 2. The third-order valence-corrected chi connectivity index (χ3v) is 2.23. The summed E-state index contributed by atoms with van der Waals surface area (Å²) in [6, 6.07) is -0.218. The molecular weight excluding hydrogens is 266 g/mol. The van der Waals surface area contributed by atoms with E-state index in [1.165, 1.54) is 19.2 Å². The maximum Gasteiger partial charge on any atom is 0.337 e. The molecule has 0 saturated carbocycles. The Hall–Kier alpha value is -2.64. The van der Waals surface area contributed by atoms with E-state index in [2.05, 4.69) is 15.6 Å². The summed E-state index contributed by atoms with van der Waals surface area (Å²) < 4.78 is 4.73. The Labute approximate surface area is 115 Å². The van der Waals surface area contributed by atoms with E-state index in [9.17, 15) is 14.4 Å². The van der Waals surface area contributed by atoms with Gasteiger partial charge in [-0.05, 0) is 19.9 Å². The summed E-state index contributed by atoms with van der Waals surface area (Å²) in [5.74, 6) is -1.71. The Morgan fingerprint density at radius 1 is 1.40 bits per heavy atom. The smallest absolute Gasteiger partial charge is 0.337 e. The number of esters is 1. The molecule has 1 atom stereocenters. The molecule has 2 amide bonds. The number of urea groups is 1. The van der Waals surface area contributed by atoms with Crippen LogP contribution in [0.15, 0.2) is 18.5 Å². The summed E-state index contributed by atoms with van der Waals surface area (Å²) in [4.78, 5) is 37.4. The molecule has 1 unspecified atom stereocenters. The predicted molar refractivity (Wildman–Crippen MR) is 69.4 cm³/mol. The van der Waals surface area contributed by atoms with E-state index in [0.29, 0.717) is 0 Å². The van der Waals surface area contributed by atoms with Crippen molar-refractivity contribution in [1.82, 2.24) is 10.3 Å². The van der Waals surface area contributed by atoms with E-state index in [0.717, 1.165) is 6.20 Å². The minimum absolute atomic E-state index is 0.0544. The standard InChI is InChI=1S/C12H15N3O5/c1-3-20-11(18)7(2)14-12(19)15-9-4-8(10(16)17)5-13-6-9/h4-7H,3H2,1-2H3,(H,16,17)(H2,14,15,19). The fourth-order valence-corrected chi connectivity index (χ4v) is 1.32. The molecule has 3 N–H and O–H groups in total. The monoisotopic (exact) mass is 281 g/mol. The van der Waals surface area contributed by atoms with Gasteiger partial charge in [-0.25, -0.2) is 14.4 Å². The van der Waals surface area contributed by atoms with Crippen LogP contribution in [0, 0.1) is 0 Å². The molecule has 0 radical (unpaired) electrons. The molecule has 0 aliphatic heterocycles. The number of hydrogen-bond acceptors (Lipinski definition) is 5. The number of carboxylic acid groups (broad SMARTS) is 1. The molecule has 108 valence electrons. The molecule has 1 aromatic rings. The van der Waals surface area contributed by atoms with Crippen molar-refractivity contribution in [2.75, 3.05) is 11.9 Å². The molecule has 0 bridgehead atoms. The zero-order chi connectivity index (χ0) is 15.1. The lowest BCUT2D eigenvalue weighted by Gasteiger charge is -2.13. The van der Waals surface area contributed by atoms with Crippen molar-refractivity contribution >= 4 is 23.7 Å². The SMILES string of the molecule is CCOC(=O)C(C)NC(=O)Nc1cncc(C(=O)O)c1. The van der Waals surface area contributed by atoms with Gasteiger partial charge in [-0.15, -0.1) is 0 Å². The first-order chi connectivity index (χ1) is 9.43. The van der Waals surface area contributed by atoms with Gasteiger partial charge in [0, 0.05) is 6.20 Å². The lowest BCUT2D eigenvalue weighted by Crippen LogP contribution is -2.41. The van der Waals surface area contributed by atoms with Crippen molar-refractivity contribution < 1.29 is 24.2 Å². The summed E-state index contributed by atoms with van der Waals surface area (Å²) in [6.45, 7) is 3.36. The number of carbonyl (C=O) groups is 3. The van der Waals surface area contributed by atoms with Gasteiger partial charge >= 0.3 is 18.0 Å².